The maximum Gasteiger partial charge on any atom is 0.234 e. The van der Waals surface area contributed by atoms with Gasteiger partial charge in [-0.3, -0.25) is 4.79 Å². The molecule has 0 radical (unpaired) electrons. The van der Waals surface area contributed by atoms with Crippen LogP contribution in [0.5, 0.6) is 0 Å². The minimum Gasteiger partial charge on any atom is -0.323 e. The summed E-state index contributed by atoms with van der Waals surface area (Å²) in [5.41, 5.74) is 3.45. The molecule has 2 aromatic carbocycles. The topological polar surface area (TPSA) is 29.1 Å². The molecule has 110 valence electrons. The van der Waals surface area contributed by atoms with Crippen molar-refractivity contribution in [2.45, 2.75) is 25.7 Å². The van der Waals surface area contributed by atoms with E-state index in [1.807, 2.05) is 32.9 Å². The highest BCUT2D eigenvalue weighted by Crippen LogP contribution is 2.24. The molecule has 0 heterocycles. The van der Waals surface area contributed by atoms with Gasteiger partial charge in [-0.15, -0.1) is 11.8 Å². The van der Waals surface area contributed by atoms with Crippen molar-refractivity contribution in [3.05, 3.63) is 58.9 Å². The minimum atomic E-state index is -0.411. The van der Waals surface area contributed by atoms with Crippen LogP contribution in [0.15, 0.2) is 41.3 Å². The number of thioether (sulfide) groups is 1. The molecule has 0 aliphatic carbocycles. The van der Waals surface area contributed by atoms with Crippen LogP contribution in [0, 0.1) is 26.6 Å². The summed E-state index contributed by atoms with van der Waals surface area (Å²) in [7, 11) is 0. The van der Waals surface area contributed by atoms with E-state index in [9.17, 15) is 9.18 Å². The zero-order valence-electron chi connectivity index (χ0n) is 12.4. The summed E-state index contributed by atoms with van der Waals surface area (Å²) in [6.07, 6.45) is 0. The summed E-state index contributed by atoms with van der Waals surface area (Å²) < 4.78 is 13.6. The number of anilines is 1. The monoisotopic (exact) mass is 303 g/mol. The molecule has 1 N–H and O–H groups in total. The Morgan fingerprint density at radius 3 is 2.52 bits per heavy atom. The molecule has 0 spiro atoms. The van der Waals surface area contributed by atoms with E-state index >= 15 is 0 Å². The van der Waals surface area contributed by atoms with Crippen LogP contribution in [0.3, 0.4) is 0 Å². The Hall–Kier alpha value is -1.81. The van der Waals surface area contributed by atoms with E-state index in [4.69, 9.17) is 0 Å². The summed E-state index contributed by atoms with van der Waals surface area (Å²) in [5, 5.41) is 2.62. The van der Waals surface area contributed by atoms with Crippen molar-refractivity contribution in [2.75, 3.05) is 11.1 Å². The zero-order valence-corrected chi connectivity index (χ0v) is 13.2. The van der Waals surface area contributed by atoms with Crippen molar-refractivity contribution in [3.63, 3.8) is 0 Å². The van der Waals surface area contributed by atoms with Gasteiger partial charge >= 0.3 is 0 Å². The third-order valence-electron chi connectivity index (χ3n) is 3.10. The second kappa shape index (κ2) is 6.76. The van der Waals surface area contributed by atoms with Gasteiger partial charge in [0.1, 0.15) is 5.82 Å². The van der Waals surface area contributed by atoms with Crippen LogP contribution in [0.4, 0.5) is 10.1 Å². The molecule has 0 saturated carbocycles. The Morgan fingerprint density at radius 1 is 1.10 bits per heavy atom. The van der Waals surface area contributed by atoms with Crippen molar-refractivity contribution in [3.8, 4) is 0 Å². The van der Waals surface area contributed by atoms with Gasteiger partial charge in [0, 0.05) is 4.90 Å². The van der Waals surface area contributed by atoms with Gasteiger partial charge in [-0.1, -0.05) is 23.8 Å². The second-order valence-corrected chi connectivity index (χ2v) is 6.11. The lowest BCUT2D eigenvalue weighted by Gasteiger charge is -2.09. The number of benzene rings is 2. The number of amides is 1. The molecular weight excluding hydrogens is 285 g/mol. The molecule has 0 bridgehead atoms. The molecule has 2 nitrogen and oxygen atoms in total. The summed E-state index contributed by atoms with van der Waals surface area (Å²) in [5.74, 6) is -0.353. The van der Waals surface area contributed by atoms with E-state index in [1.54, 1.807) is 12.1 Å². The molecule has 0 fully saturated rings. The Labute approximate surface area is 128 Å². The Balaban J connectivity index is 1.99. The molecule has 1 amide bonds. The quantitative estimate of drug-likeness (QED) is 0.844. The van der Waals surface area contributed by atoms with Crippen LogP contribution in [0.2, 0.25) is 0 Å². The second-order valence-electron chi connectivity index (χ2n) is 5.09. The third-order valence-corrected chi connectivity index (χ3v) is 4.26. The molecule has 0 aliphatic heterocycles. The van der Waals surface area contributed by atoms with E-state index in [-0.39, 0.29) is 17.3 Å². The highest BCUT2D eigenvalue weighted by molar-refractivity contribution is 8.00. The molecule has 0 saturated heterocycles. The minimum absolute atomic E-state index is 0.203. The predicted octanol–water partition coefficient (Wildman–Crippen LogP) is 4.48. The van der Waals surface area contributed by atoms with Gasteiger partial charge in [0.15, 0.2) is 0 Å². The smallest absolute Gasteiger partial charge is 0.234 e. The average molecular weight is 303 g/mol. The summed E-state index contributed by atoms with van der Waals surface area (Å²) in [6.45, 7) is 5.89. The number of carbonyl (C=O) groups excluding carboxylic acids is 1. The lowest BCUT2D eigenvalue weighted by atomic mass is 10.2. The van der Waals surface area contributed by atoms with E-state index in [0.717, 1.165) is 21.6 Å². The molecule has 21 heavy (non-hydrogen) atoms. The number of hydrogen-bond donors (Lipinski definition) is 1. The normalized spacial score (nSPS) is 10.5. The fourth-order valence-corrected chi connectivity index (χ4v) is 2.85. The van der Waals surface area contributed by atoms with E-state index < -0.39 is 5.82 Å². The van der Waals surface area contributed by atoms with Crippen molar-refractivity contribution in [1.82, 2.24) is 0 Å². The van der Waals surface area contributed by atoms with Crippen LogP contribution < -0.4 is 5.32 Å². The first-order chi connectivity index (χ1) is 9.95. The highest BCUT2D eigenvalue weighted by atomic mass is 32.2. The molecule has 4 heteroatoms. The average Bonchev–Trinajstić information content (AvgIpc) is 2.44. The fourth-order valence-electron chi connectivity index (χ4n) is 1.93. The van der Waals surface area contributed by atoms with Crippen molar-refractivity contribution in [2.24, 2.45) is 0 Å². The van der Waals surface area contributed by atoms with Crippen molar-refractivity contribution < 1.29 is 9.18 Å². The number of rotatable bonds is 4. The standard InChI is InChI=1S/C17H18FNOS/c1-11-5-7-14(18)15(8-11)19-17(20)10-21-16-9-12(2)4-6-13(16)3/h4-9H,10H2,1-3H3,(H,19,20). The van der Waals surface area contributed by atoms with Gasteiger partial charge in [0.25, 0.3) is 0 Å². The first-order valence-electron chi connectivity index (χ1n) is 6.72. The summed E-state index contributed by atoms with van der Waals surface area (Å²) in [4.78, 5) is 13.0. The molecule has 2 aromatic rings. The van der Waals surface area contributed by atoms with E-state index in [0.29, 0.717) is 0 Å². The highest BCUT2D eigenvalue weighted by Gasteiger charge is 2.09. The lowest BCUT2D eigenvalue weighted by Crippen LogP contribution is -2.15. The van der Waals surface area contributed by atoms with Gasteiger partial charge < -0.3 is 5.32 Å². The number of halogens is 1. The molecular formula is C17H18FNOS. The largest absolute Gasteiger partial charge is 0.323 e. The Kier molecular flexibility index (Phi) is 5.02. The molecule has 0 aliphatic rings. The SMILES string of the molecule is Cc1ccc(F)c(NC(=O)CSc2cc(C)ccc2C)c1. The summed E-state index contributed by atoms with van der Waals surface area (Å²) in [6, 6.07) is 10.8. The molecule has 2 rings (SSSR count). The van der Waals surface area contributed by atoms with Crippen molar-refractivity contribution >= 4 is 23.4 Å². The fraction of sp³-hybridized carbons (Fsp3) is 0.235. The first kappa shape index (κ1) is 15.6. The number of aryl methyl sites for hydroxylation is 3. The maximum absolute atomic E-state index is 13.6. The Morgan fingerprint density at radius 2 is 1.76 bits per heavy atom. The van der Waals surface area contributed by atoms with Gasteiger partial charge in [-0.05, 0) is 50.1 Å². The zero-order chi connectivity index (χ0) is 15.4. The van der Waals surface area contributed by atoms with Crippen LogP contribution in [0.25, 0.3) is 0 Å². The first-order valence-corrected chi connectivity index (χ1v) is 7.70. The van der Waals surface area contributed by atoms with Gasteiger partial charge in [0.2, 0.25) is 5.91 Å². The van der Waals surface area contributed by atoms with Gasteiger partial charge in [-0.25, -0.2) is 4.39 Å². The van der Waals surface area contributed by atoms with Crippen LogP contribution >= 0.6 is 11.8 Å². The third kappa shape index (κ3) is 4.33. The summed E-state index contributed by atoms with van der Waals surface area (Å²) >= 11 is 1.46. The number of nitrogens with one attached hydrogen (secondary N) is 1. The van der Waals surface area contributed by atoms with Gasteiger partial charge in [-0.2, -0.15) is 0 Å². The van der Waals surface area contributed by atoms with E-state index in [1.165, 1.54) is 17.8 Å². The number of hydrogen-bond acceptors (Lipinski definition) is 2. The Bertz CT molecular complexity index is 670. The molecule has 0 aromatic heterocycles. The maximum atomic E-state index is 13.6. The lowest BCUT2D eigenvalue weighted by molar-refractivity contribution is -0.113. The van der Waals surface area contributed by atoms with Crippen LogP contribution in [-0.2, 0) is 4.79 Å². The van der Waals surface area contributed by atoms with Crippen LogP contribution in [-0.4, -0.2) is 11.7 Å². The van der Waals surface area contributed by atoms with E-state index in [2.05, 4.69) is 11.4 Å². The number of carbonyl (C=O) groups is 1. The molecule has 0 atom stereocenters. The van der Waals surface area contributed by atoms with Crippen LogP contribution in [0.1, 0.15) is 16.7 Å². The molecule has 0 unspecified atom stereocenters. The predicted molar refractivity (Wildman–Crippen MR) is 86.4 cm³/mol. The van der Waals surface area contributed by atoms with Gasteiger partial charge in [0.05, 0.1) is 11.4 Å². The van der Waals surface area contributed by atoms with Crippen molar-refractivity contribution in [1.29, 1.82) is 0 Å².